The number of halogens is 3. The molecule has 0 bridgehead atoms. The van der Waals surface area contributed by atoms with Gasteiger partial charge in [0.15, 0.2) is 0 Å². The van der Waals surface area contributed by atoms with Crippen molar-refractivity contribution >= 4 is 21.6 Å². The summed E-state index contributed by atoms with van der Waals surface area (Å²) in [7, 11) is -3.95. The minimum absolute atomic E-state index is 0.00742. The van der Waals surface area contributed by atoms with E-state index in [1.165, 1.54) is 16.4 Å². The Balaban J connectivity index is 1.66. The van der Waals surface area contributed by atoms with Gasteiger partial charge in [-0.2, -0.15) is 4.31 Å². The van der Waals surface area contributed by atoms with Crippen LogP contribution in [-0.2, 0) is 16.6 Å². The Bertz CT molecular complexity index is 1150. The first-order valence-electron chi connectivity index (χ1n) is 9.52. The molecule has 2 N–H and O–H groups in total. The summed E-state index contributed by atoms with van der Waals surface area (Å²) in [6, 6.07) is 7.84. The Morgan fingerprint density at radius 2 is 1.70 bits per heavy atom. The lowest BCUT2D eigenvalue weighted by Crippen LogP contribution is -2.48. The number of primary amides is 1. The maximum atomic E-state index is 12.8. The van der Waals surface area contributed by atoms with Crippen molar-refractivity contribution in [3.05, 3.63) is 63.7 Å². The fourth-order valence-electron chi connectivity index (χ4n) is 3.35. The van der Waals surface area contributed by atoms with E-state index >= 15 is 0 Å². The number of amides is 1. The maximum Gasteiger partial charge on any atom is 0.573 e. The first-order valence-corrected chi connectivity index (χ1v) is 11.0. The molecule has 0 radical (unpaired) electrons. The van der Waals surface area contributed by atoms with Crippen molar-refractivity contribution in [2.45, 2.75) is 17.8 Å². The zero-order valence-corrected chi connectivity index (χ0v) is 17.8. The molecule has 0 atom stereocenters. The second kappa shape index (κ2) is 9.33. The van der Waals surface area contributed by atoms with Gasteiger partial charge in [0.25, 0.3) is 5.69 Å². The molecule has 0 aliphatic carbocycles. The van der Waals surface area contributed by atoms with Crippen molar-refractivity contribution in [2.24, 2.45) is 5.73 Å². The Hall–Kier alpha value is -3.23. The number of rotatable bonds is 7. The number of nitro benzene ring substituents is 1. The first-order chi connectivity index (χ1) is 15.4. The monoisotopic (exact) mass is 488 g/mol. The fourth-order valence-corrected chi connectivity index (χ4v) is 4.77. The molecule has 33 heavy (non-hydrogen) atoms. The number of carbonyl (C=O) groups excluding carboxylic acids is 1. The molecule has 0 aromatic heterocycles. The van der Waals surface area contributed by atoms with Crippen LogP contribution in [0.4, 0.5) is 18.9 Å². The SMILES string of the molecule is NC(=O)c1ccc(CN2CCN(S(=O)(=O)c3ccc(OC(F)(F)F)cc3)CC2)c([N+](=O)[O-])c1. The van der Waals surface area contributed by atoms with Gasteiger partial charge in [-0.15, -0.1) is 13.2 Å². The maximum absolute atomic E-state index is 12.8. The summed E-state index contributed by atoms with van der Waals surface area (Å²) < 4.78 is 67.4. The van der Waals surface area contributed by atoms with Crippen molar-refractivity contribution in [1.82, 2.24) is 9.21 Å². The average molecular weight is 488 g/mol. The number of sulfonamides is 1. The molecule has 0 saturated carbocycles. The summed E-state index contributed by atoms with van der Waals surface area (Å²) in [5.41, 5.74) is 5.26. The number of nitrogens with two attached hydrogens (primary N) is 1. The second-order valence-corrected chi connectivity index (χ2v) is 9.10. The number of nitrogens with zero attached hydrogens (tertiary/aromatic N) is 3. The topological polar surface area (TPSA) is 136 Å². The molecule has 1 saturated heterocycles. The molecule has 0 unspecified atom stereocenters. The van der Waals surface area contributed by atoms with Gasteiger partial charge in [-0.05, 0) is 30.3 Å². The highest BCUT2D eigenvalue weighted by molar-refractivity contribution is 7.89. The Kier molecular flexibility index (Phi) is 6.90. The summed E-state index contributed by atoms with van der Waals surface area (Å²) in [6.45, 7) is 0.853. The van der Waals surface area contributed by atoms with Gasteiger partial charge in [0, 0.05) is 49.9 Å². The number of alkyl halides is 3. The van der Waals surface area contributed by atoms with Gasteiger partial charge in [0.2, 0.25) is 15.9 Å². The number of benzene rings is 2. The zero-order valence-electron chi connectivity index (χ0n) is 17.0. The van der Waals surface area contributed by atoms with Crippen molar-refractivity contribution in [3.8, 4) is 5.75 Å². The standard InChI is InChI=1S/C19H19F3N4O6S/c20-19(21,22)32-15-3-5-16(6-4-15)33(30,31)25-9-7-24(8-10-25)12-14-2-1-13(18(23)27)11-17(14)26(28)29/h1-6,11H,7-10,12H2,(H2,23,27). The molecule has 1 aliphatic heterocycles. The van der Waals surface area contributed by atoms with E-state index in [1.54, 1.807) is 0 Å². The smallest absolute Gasteiger partial charge is 0.406 e. The van der Waals surface area contributed by atoms with E-state index in [0.29, 0.717) is 5.56 Å². The summed E-state index contributed by atoms with van der Waals surface area (Å²) in [6.07, 6.45) is -4.88. The van der Waals surface area contributed by atoms with E-state index in [0.717, 1.165) is 30.3 Å². The molecule has 178 valence electrons. The highest BCUT2D eigenvalue weighted by Crippen LogP contribution is 2.26. The van der Waals surface area contributed by atoms with E-state index in [1.807, 2.05) is 4.90 Å². The van der Waals surface area contributed by atoms with Crippen LogP contribution in [0, 0.1) is 10.1 Å². The van der Waals surface area contributed by atoms with Crippen molar-refractivity contribution < 1.29 is 36.0 Å². The van der Waals surface area contributed by atoms with Crippen LogP contribution >= 0.6 is 0 Å². The second-order valence-electron chi connectivity index (χ2n) is 7.16. The molecular formula is C19H19F3N4O6S. The van der Waals surface area contributed by atoms with Crippen LogP contribution in [0.2, 0.25) is 0 Å². The van der Waals surface area contributed by atoms with Gasteiger partial charge >= 0.3 is 6.36 Å². The van der Waals surface area contributed by atoms with E-state index < -0.39 is 33.0 Å². The lowest BCUT2D eigenvalue weighted by molar-refractivity contribution is -0.385. The van der Waals surface area contributed by atoms with Gasteiger partial charge in [0.05, 0.1) is 9.82 Å². The molecule has 3 rings (SSSR count). The highest BCUT2D eigenvalue weighted by Gasteiger charge is 2.32. The van der Waals surface area contributed by atoms with Crippen LogP contribution in [0.1, 0.15) is 15.9 Å². The number of hydrogen-bond acceptors (Lipinski definition) is 7. The van der Waals surface area contributed by atoms with Crippen molar-refractivity contribution in [2.75, 3.05) is 26.2 Å². The molecule has 1 amide bonds. The number of hydrogen-bond donors (Lipinski definition) is 1. The van der Waals surface area contributed by atoms with Crippen LogP contribution in [0.5, 0.6) is 5.75 Å². The highest BCUT2D eigenvalue weighted by atomic mass is 32.2. The van der Waals surface area contributed by atoms with Crippen LogP contribution < -0.4 is 10.5 Å². The van der Waals surface area contributed by atoms with Gasteiger partial charge in [-0.1, -0.05) is 6.07 Å². The predicted molar refractivity (Wildman–Crippen MR) is 109 cm³/mol. The Labute approximate surface area is 186 Å². The minimum atomic E-state index is -4.88. The lowest BCUT2D eigenvalue weighted by atomic mass is 10.1. The fraction of sp³-hybridized carbons (Fsp3) is 0.316. The van der Waals surface area contributed by atoms with Crippen LogP contribution in [0.15, 0.2) is 47.4 Å². The predicted octanol–water partition coefficient (Wildman–Crippen LogP) is 2.10. The van der Waals surface area contributed by atoms with E-state index in [4.69, 9.17) is 5.73 Å². The van der Waals surface area contributed by atoms with Crippen LogP contribution in [-0.4, -0.2) is 61.0 Å². The minimum Gasteiger partial charge on any atom is -0.406 e. The Morgan fingerprint density at radius 3 is 2.21 bits per heavy atom. The van der Waals surface area contributed by atoms with E-state index in [9.17, 15) is 36.5 Å². The van der Waals surface area contributed by atoms with E-state index in [-0.39, 0.29) is 48.9 Å². The molecule has 14 heteroatoms. The quantitative estimate of drug-likeness (QED) is 0.466. The first kappa shape index (κ1) is 24.4. The third-order valence-electron chi connectivity index (χ3n) is 4.99. The summed E-state index contributed by atoms with van der Waals surface area (Å²) >= 11 is 0. The van der Waals surface area contributed by atoms with Gasteiger partial charge in [0.1, 0.15) is 5.75 Å². The molecule has 2 aromatic rings. The molecule has 2 aromatic carbocycles. The van der Waals surface area contributed by atoms with Gasteiger partial charge in [-0.25, -0.2) is 8.42 Å². The normalized spacial score (nSPS) is 15.8. The van der Waals surface area contributed by atoms with Gasteiger partial charge in [-0.3, -0.25) is 19.8 Å². The lowest BCUT2D eigenvalue weighted by Gasteiger charge is -2.33. The van der Waals surface area contributed by atoms with Gasteiger partial charge < -0.3 is 10.5 Å². The molecule has 1 aliphatic rings. The largest absolute Gasteiger partial charge is 0.573 e. The molecular weight excluding hydrogens is 469 g/mol. The summed E-state index contributed by atoms with van der Waals surface area (Å²) in [4.78, 5) is 23.7. The number of carbonyl (C=O) groups is 1. The third-order valence-corrected chi connectivity index (χ3v) is 6.90. The molecule has 10 nitrogen and oxygen atoms in total. The summed E-state index contributed by atoms with van der Waals surface area (Å²) in [5.74, 6) is -1.32. The molecule has 0 spiro atoms. The zero-order chi connectivity index (χ0) is 24.4. The number of nitro groups is 1. The molecule has 1 fully saturated rings. The van der Waals surface area contributed by atoms with Crippen molar-refractivity contribution in [3.63, 3.8) is 0 Å². The Morgan fingerprint density at radius 1 is 1.09 bits per heavy atom. The number of ether oxygens (including phenoxy) is 1. The van der Waals surface area contributed by atoms with E-state index in [2.05, 4.69) is 4.74 Å². The molecule has 1 heterocycles. The third kappa shape index (κ3) is 5.97. The number of piperazine rings is 1. The average Bonchev–Trinajstić information content (AvgIpc) is 2.73. The van der Waals surface area contributed by atoms with Crippen LogP contribution in [0.3, 0.4) is 0 Å². The van der Waals surface area contributed by atoms with Crippen LogP contribution in [0.25, 0.3) is 0 Å². The summed E-state index contributed by atoms with van der Waals surface area (Å²) in [5, 5.41) is 11.4. The van der Waals surface area contributed by atoms with Crippen molar-refractivity contribution in [1.29, 1.82) is 0 Å².